The number of para-hydroxylation sites is 1. The van der Waals surface area contributed by atoms with Crippen molar-refractivity contribution in [3.63, 3.8) is 0 Å². The van der Waals surface area contributed by atoms with Gasteiger partial charge in [-0.05, 0) is 43.2 Å². The molecule has 0 aromatic heterocycles. The maximum Gasteiger partial charge on any atom is 0.306 e. The van der Waals surface area contributed by atoms with Gasteiger partial charge in [0.05, 0.1) is 11.3 Å². The van der Waals surface area contributed by atoms with Gasteiger partial charge in [-0.2, -0.15) is 5.26 Å². The summed E-state index contributed by atoms with van der Waals surface area (Å²) in [5, 5.41) is 11.6. The number of hydrogen-bond donors (Lipinski definition) is 1. The van der Waals surface area contributed by atoms with Crippen molar-refractivity contribution in [3.8, 4) is 6.07 Å². The number of esters is 1. The zero-order valence-electron chi connectivity index (χ0n) is 13.7. The van der Waals surface area contributed by atoms with E-state index in [1.54, 1.807) is 36.4 Å². The summed E-state index contributed by atoms with van der Waals surface area (Å²) >= 11 is 0. The monoisotopic (exact) mass is 340 g/mol. The lowest BCUT2D eigenvalue weighted by Crippen LogP contribution is -2.30. The van der Waals surface area contributed by atoms with E-state index in [2.05, 4.69) is 5.32 Å². The molecule has 5 nitrogen and oxygen atoms in total. The average Bonchev–Trinajstić information content (AvgIpc) is 2.61. The van der Waals surface area contributed by atoms with Gasteiger partial charge in [0.15, 0.2) is 6.10 Å². The second-order valence-electron chi connectivity index (χ2n) is 5.41. The Balaban J connectivity index is 1.84. The zero-order chi connectivity index (χ0) is 18.2. The molecule has 0 aliphatic heterocycles. The van der Waals surface area contributed by atoms with E-state index in [1.807, 2.05) is 6.07 Å². The van der Waals surface area contributed by atoms with Gasteiger partial charge < -0.3 is 10.1 Å². The second kappa shape index (κ2) is 8.60. The molecule has 0 bridgehead atoms. The highest BCUT2D eigenvalue weighted by atomic mass is 19.1. The summed E-state index contributed by atoms with van der Waals surface area (Å²) in [6.45, 7) is 1.46. The first kappa shape index (κ1) is 18.1. The van der Waals surface area contributed by atoms with Gasteiger partial charge in [-0.25, -0.2) is 4.39 Å². The molecule has 0 radical (unpaired) electrons. The number of aryl methyl sites for hydroxylation is 1. The third kappa shape index (κ3) is 5.43. The summed E-state index contributed by atoms with van der Waals surface area (Å²) in [4.78, 5) is 23.9. The Kier molecular flexibility index (Phi) is 6.24. The predicted molar refractivity (Wildman–Crippen MR) is 90.1 cm³/mol. The van der Waals surface area contributed by atoms with Crippen LogP contribution in [-0.2, 0) is 20.7 Å². The van der Waals surface area contributed by atoms with Crippen molar-refractivity contribution in [3.05, 3.63) is 65.5 Å². The van der Waals surface area contributed by atoms with E-state index in [4.69, 9.17) is 10.00 Å². The molecule has 0 saturated heterocycles. The lowest BCUT2D eigenvalue weighted by Gasteiger charge is -2.14. The number of halogens is 1. The average molecular weight is 340 g/mol. The zero-order valence-corrected chi connectivity index (χ0v) is 13.7. The van der Waals surface area contributed by atoms with Crippen LogP contribution in [0.25, 0.3) is 0 Å². The van der Waals surface area contributed by atoms with Crippen molar-refractivity contribution in [2.24, 2.45) is 0 Å². The third-order valence-electron chi connectivity index (χ3n) is 3.51. The first-order valence-electron chi connectivity index (χ1n) is 7.73. The molecular weight excluding hydrogens is 323 g/mol. The number of ether oxygens (including phenoxy) is 1. The summed E-state index contributed by atoms with van der Waals surface area (Å²) in [6, 6.07) is 14.4. The highest BCUT2D eigenvalue weighted by Crippen LogP contribution is 2.14. The van der Waals surface area contributed by atoms with Crippen LogP contribution in [0.15, 0.2) is 48.5 Å². The minimum atomic E-state index is -0.993. The molecule has 25 heavy (non-hydrogen) atoms. The Bertz CT molecular complexity index is 797. The molecule has 1 atom stereocenters. The first-order valence-corrected chi connectivity index (χ1v) is 7.73. The summed E-state index contributed by atoms with van der Waals surface area (Å²) in [6.07, 6.45) is -0.518. The number of nitrogens with one attached hydrogen (secondary N) is 1. The number of rotatable bonds is 6. The molecule has 1 N–H and O–H groups in total. The summed E-state index contributed by atoms with van der Waals surface area (Å²) in [7, 11) is 0. The normalized spacial score (nSPS) is 11.2. The van der Waals surface area contributed by atoms with Gasteiger partial charge in [0.2, 0.25) is 0 Å². The molecule has 2 rings (SSSR count). The minimum Gasteiger partial charge on any atom is -0.453 e. The number of benzene rings is 2. The molecule has 0 spiro atoms. The predicted octanol–water partition coefficient (Wildman–Crippen LogP) is 3.20. The topological polar surface area (TPSA) is 79.2 Å². The van der Waals surface area contributed by atoms with Crippen LogP contribution in [0.4, 0.5) is 10.1 Å². The Labute approximate surface area is 145 Å². The SMILES string of the molecule is C[C@@H](OC(=O)CCc1ccc(F)cc1)C(=O)Nc1ccccc1C#N. The van der Waals surface area contributed by atoms with E-state index in [0.717, 1.165) is 5.56 Å². The fourth-order valence-electron chi connectivity index (χ4n) is 2.13. The largest absolute Gasteiger partial charge is 0.453 e. The van der Waals surface area contributed by atoms with Crippen molar-refractivity contribution >= 4 is 17.6 Å². The van der Waals surface area contributed by atoms with Gasteiger partial charge in [0.1, 0.15) is 11.9 Å². The molecule has 6 heteroatoms. The lowest BCUT2D eigenvalue weighted by atomic mass is 10.1. The number of carbonyl (C=O) groups excluding carboxylic acids is 2. The van der Waals surface area contributed by atoms with E-state index in [0.29, 0.717) is 17.7 Å². The second-order valence-corrected chi connectivity index (χ2v) is 5.41. The lowest BCUT2D eigenvalue weighted by molar-refractivity contribution is -0.153. The molecule has 128 valence electrons. The summed E-state index contributed by atoms with van der Waals surface area (Å²) in [5.74, 6) is -1.38. The number of nitriles is 1. The summed E-state index contributed by atoms with van der Waals surface area (Å²) in [5.41, 5.74) is 1.49. The van der Waals surface area contributed by atoms with Crippen molar-refractivity contribution in [1.82, 2.24) is 0 Å². The van der Waals surface area contributed by atoms with Crippen molar-refractivity contribution in [2.45, 2.75) is 25.9 Å². The first-order chi connectivity index (χ1) is 12.0. The number of anilines is 1. The molecule has 0 aliphatic carbocycles. The Hall–Kier alpha value is -3.20. The van der Waals surface area contributed by atoms with E-state index in [-0.39, 0.29) is 12.2 Å². The smallest absolute Gasteiger partial charge is 0.306 e. The van der Waals surface area contributed by atoms with E-state index >= 15 is 0 Å². The van der Waals surface area contributed by atoms with Crippen LogP contribution in [0.1, 0.15) is 24.5 Å². The molecule has 1 amide bonds. The van der Waals surface area contributed by atoms with Gasteiger partial charge in [-0.15, -0.1) is 0 Å². The fourth-order valence-corrected chi connectivity index (χ4v) is 2.13. The summed E-state index contributed by atoms with van der Waals surface area (Å²) < 4.78 is 17.9. The minimum absolute atomic E-state index is 0.0814. The van der Waals surface area contributed by atoms with Gasteiger partial charge in [-0.1, -0.05) is 24.3 Å². The quantitative estimate of drug-likeness (QED) is 0.819. The van der Waals surface area contributed by atoms with Crippen LogP contribution in [0.2, 0.25) is 0 Å². The van der Waals surface area contributed by atoms with Crippen molar-refractivity contribution in [1.29, 1.82) is 5.26 Å². The number of carbonyl (C=O) groups is 2. The standard InChI is InChI=1S/C19H17FN2O3/c1-13(19(24)22-17-5-3-2-4-15(17)12-21)25-18(23)11-8-14-6-9-16(20)10-7-14/h2-7,9-10,13H,8,11H2,1H3,(H,22,24)/t13-/m1/s1. The van der Waals surface area contributed by atoms with E-state index in [1.165, 1.54) is 19.1 Å². The van der Waals surface area contributed by atoms with Crippen LogP contribution in [-0.4, -0.2) is 18.0 Å². The van der Waals surface area contributed by atoms with Gasteiger partial charge in [0.25, 0.3) is 5.91 Å². The molecule has 2 aromatic rings. The molecule has 0 unspecified atom stereocenters. The fraction of sp³-hybridized carbons (Fsp3) is 0.211. The molecule has 0 saturated carbocycles. The molecule has 0 fully saturated rings. The highest BCUT2D eigenvalue weighted by Gasteiger charge is 2.18. The number of nitrogens with zero attached hydrogens (tertiary/aromatic N) is 1. The molecular formula is C19H17FN2O3. The molecule has 2 aromatic carbocycles. The van der Waals surface area contributed by atoms with E-state index in [9.17, 15) is 14.0 Å². The Morgan fingerprint density at radius 2 is 1.88 bits per heavy atom. The van der Waals surface area contributed by atoms with E-state index < -0.39 is 18.0 Å². The highest BCUT2D eigenvalue weighted by molar-refractivity contribution is 5.96. The van der Waals surface area contributed by atoms with Crippen LogP contribution in [0.3, 0.4) is 0 Å². The van der Waals surface area contributed by atoms with Crippen LogP contribution >= 0.6 is 0 Å². The van der Waals surface area contributed by atoms with Crippen LogP contribution < -0.4 is 5.32 Å². The number of hydrogen-bond acceptors (Lipinski definition) is 4. The van der Waals surface area contributed by atoms with Crippen LogP contribution in [0.5, 0.6) is 0 Å². The van der Waals surface area contributed by atoms with Gasteiger partial charge in [0, 0.05) is 6.42 Å². The Morgan fingerprint density at radius 1 is 1.20 bits per heavy atom. The molecule has 0 heterocycles. The maximum atomic E-state index is 12.8. The maximum absolute atomic E-state index is 12.8. The van der Waals surface area contributed by atoms with Gasteiger partial charge in [-0.3, -0.25) is 9.59 Å². The van der Waals surface area contributed by atoms with Gasteiger partial charge >= 0.3 is 5.97 Å². The Morgan fingerprint density at radius 3 is 2.56 bits per heavy atom. The molecule has 0 aliphatic rings. The van der Waals surface area contributed by atoms with Crippen LogP contribution in [0, 0.1) is 17.1 Å². The van der Waals surface area contributed by atoms with Crippen molar-refractivity contribution in [2.75, 3.05) is 5.32 Å². The number of amides is 1. The third-order valence-corrected chi connectivity index (χ3v) is 3.51. The van der Waals surface area contributed by atoms with Crippen molar-refractivity contribution < 1.29 is 18.7 Å².